The summed E-state index contributed by atoms with van der Waals surface area (Å²) in [7, 11) is 0. The zero-order chi connectivity index (χ0) is 15.2. The van der Waals surface area contributed by atoms with Gasteiger partial charge in [0.1, 0.15) is 5.82 Å². The van der Waals surface area contributed by atoms with Crippen molar-refractivity contribution in [2.24, 2.45) is 5.92 Å². The van der Waals surface area contributed by atoms with Gasteiger partial charge in [0.05, 0.1) is 6.61 Å². The lowest BCUT2D eigenvalue weighted by molar-refractivity contribution is 0.0597. The molecule has 4 heteroatoms. The predicted molar refractivity (Wildman–Crippen MR) is 86.2 cm³/mol. The molecule has 2 saturated heterocycles. The van der Waals surface area contributed by atoms with E-state index in [2.05, 4.69) is 10.2 Å². The lowest BCUT2D eigenvalue weighted by Gasteiger charge is -2.34. The molecule has 22 heavy (non-hydrogen) atoms. The summed E-state index contributed by atoms with van der Waals surface area (Å²) < 4.78 is 18.5. The molecule has 2 unspecified atom stereocenters. The molecule has 2 fully saturated rings. The first-order valence-corrected chi connectivity index (χ1v) is 8.57. The fourth-order valence-corrected chi connectivity index (χ4v) is 3.58. The molecule has 2 aliphatic heterocycles. The van der Waals surface area contributed by atoms with E-state index in [1.165, 1.54) is 37.8 Å². The molecule has 0 radical (unpaired) electrons. The van der Waals surface area contributed by atoms with Crippen molar-refractivity contribution in [2.75, 3.05) is 33.0 Å². The first-order valence-electron chi connectivity index (χ1n) is 8.57. The van der Waals surface area contributed by atoms with E-state index in [0.29, 0.717) is 12.0 Å². The molecule has 0 aromatic heterocycles. The van der Waals surface area contributed by atoms with Crippen LogP contribution in [0.5, 0.6) is 0 Å². The molecule has 122 valence electrons. The molecular weight excluding hydrogens is 279 g/mol. The normalized spacial score (nSPS) is 27.0. The van der Waals surface area contributed by atoms with E-state index in [4.69, 9.17) is 4.74 Å². The van der Waals surface area contributed by atoms with Crippen LogP contribution in [-0.4, -0.2) is 43.9 Å². The second-order valence-electron chi connectivity index (χ2n) is 6.69. The van der Waals surface area contributed by atoms with Gasteiger partial charge in [-0.2, -0.15) is 0 Å². The van der Waals surface area contributed by atoms with Crippen molar-refractivity contribution >= 4 is 0 Å². The Hall–Kier alpha value is -0.970. The van der Waals surface area contributed by atoms with E-state index < -0.39 is 0 Å². The van der Waals surface area contributed by atoms with Crippen LogP contribution < -0.4 is 5.32 Å². The summed E-state index contributed by atoms with van der Waals surface area (Å²) in [5.74, 6) is 0.538. The van der Waals surface area contributed by atoms with Gasteiger partial charge in [-0.25, -0.2) is 4.39 Å². The monoisotopic (exact) mass is 306 g/mol. The number of likely N-dealkylation sites (tertiary alicyclic amines) is 1. The molecule has 0 aliphatic carbocycles. The third-order valence-electron chi connectivity index (χ3n) is 4.80. The molecule has 2 heterocycles. The lowest BCUT2D eigenvalue weighted by atomic mass is 9.91. The molecule has 1 aromatic carbocycles. The minimum Gasteiger partial charge on any atom is -0.380 e. The van der Waals surface area contributed by atoms with Crippen LogP contribution >= 0.6 is 0 Å². The summed E-state index contributed by atoms with van der Waals surface area (Å²) in [6, 6.07) is 7.50. The number of hydrogen-bond acceptors (Lipinski definition) is 3. The number of benzene rings is 1. The van der Waals surface area contributed by atoms with Crippen LogP contribution in [-0.2, 0) is 11.2 Å². The molecule has 3 nitrogen and oxygen atoms in total. The van der Waals surface area contributed by atoms with E-state index in [9.17, 15) is 4.39 Å². The number of piperidine rings is 1. The topological polar surface area (TPSA) is 24.5 Å². The van der Waals surface area contributed by atoms with Crippen molar-refractivity contribution in [3.63, 3.8) is 0 Å². The molecule has 2 atom stereocenters. The van der Waals surface area contributed by atoms with Crippen LogP contribution in [0.3, 0.4) is 0 Å². The van der Waals surface area contributed by atoms with E-state index in [0.717, 1.165) is 32.8 Å². The molecule has 3 rings (SSSR count). The number of nitrogens with one attached hydrogen (secondary N) is 1. The van der Waals surface area contributed by atoms with Gasteiger partial charge in [-0.3, -0.25) is 10.2 Å². The standard InChI is InChI=1S/C18H27FN2O/c19-17-7-5-15(6-8-17)11-16-3-1-9-21(12-16)14-20-18-4-2-10-22-13-18/h5-8,16,18,20H,1-4,9-14H2. The second kappa shape index (κ2) is 8.04. The van der Waals surface area contributed by atoms with Crippen LogP contribution in [0.2, 0.25) is 0 Å². The van der Waals surface area contributed by atoms with Crippen molar-refractivity contribution < 1.29 is 9.13 Å². The summed E-state index contributed by atoms with van der Waals surface area (Å²) >= 11 is 0. The third kappa shape index (κ3) is 4.77. The Morgan fingerprint density at radius 2 is 2.05 bits per heavy atom. The van der Waals surface area contributed by atoms with Gasteiger partial charge in [0.25, 0.3) is 0 Å². The number of ether oxygens (including phenoxy) is 1. The summed E-state index contributed by atoms with van der Waals surface area (Å²) in [5, 5.41) is 3.63. The Labute approximate surface area is 132 Å². The summed E-state index contributed by atoms with van der Waals surface area (Å²) in [6.07, 6.45) is 6.00. The van der Waals surface area contributed by atoms with Gasteiger partial charge in [0.15, 0.2) is 0 Å². The zero-order valence-corrected chi connectivity index (χ0v) is 13.3. The maximum Gasteiger partial charge on any atom is 0.123 e. The molecular formula is C18H27FN2O. The van der Waals surface area contributed by atoms with E-state index in [1.807, 2.05) is 12.1 Å². The largest absolute Gasteiger partial charge is 0.380 e. The Morgan fingerprint density at radius 1 is 1.18 bits per heavy atom. The number of nitrogens with zero attached hydrogens (tertiary/aromatic N) is 1. The van der Waals surface area contributed by atoms with Crippen molar-refractivity contribution in [2.45, 2.75) is 38.1 Å². The van der Waals surface area contributed by atoms with Crippen molar-refractivity contribution in [1.82, 2.24) is 10.2 Å². The van der Waals surface area contributed by atoms with E-state index in [-0.39, 0.29) is 5.82 Å². The highest BCUT2D eigenvalue weighted by atomic mass is 19.1. The SMILES string of the molecule is Fc1ccc(CC2CCCN(CNC3CCCOC3)C2)cc1. The second-order valence-corrected chi connectivity index (χ2v) is 6.69. The minimum atomic E-state index is -0.145. The number of hydrogen-bond donors (Lipinski definition) is 1. The molecule has 1 aromatic rings. The Balaban J connectivity index is 1.43. The minimum absolute atomic E-state index is 0.145. The van der Waals surface area contributed by atoms with E-state index in [1.54, 1.807) is 12.1 Å². The molecule has 2 aliphatic rings. The smallest absolute Gasteiger partial charge is 0.123 e. The molecule has 0 amide bonds. The van der Waals surface area contributed by atoms with Gasteiger partial charge in [-0.05, 0) is 62.3 Å². The highest BCUT2D eigenvalue weighted by Crippen LogP contribution is 2.21. The van der Waals surface area contributed by atoms with Crippen LogP contribution in [0, 0.1) is 11.7 Å². The highest BCUT2D eigenvalue weighted by Gasteiger charge is 2.21. The maximum atomic E-state index is 13.0. The molecule has 0 spiro atoms. The predicted octanol–water partition coefficient (Wildman–Crippen LogP) is 2.81. The first-order chi connectivity index (χ1) is 10.8. The Bertz CT molecular complexity index is 445. The van der Waals surface area contributed by atoms with Gasteiger partial charge in [0.2, 0.25) is 0 Å². The lowest BCUT2D eigenvalue weighted by Crippen LogP contribution is -2.47. The van der Waals surface area contributed by atoms with Crippen LogP contribution in [0.4, 0.5) is 4.39 Å². The fourth-order valence-electron chi connectivity index (χ4n) is 3.58. The van der Waals surface area contributed by atoms with Gasteiger partial charge >= 0.3 is 0 Å². The molecule has 0 saturated carbocycles. The average Bonchev–Trinajstić information content (AvgIpc) is 2.57. The van der Waals surface area contributed by atoms with Gasteiger partial charge in [-0.1, -0.05) is 12.1 Å². The zero-order valence-electron chi connectivity index (χ0n) is 13.3. The van der Waals surface area contributed by atoms with Crippen LogP contribution in [0.15, 0.2) is 24.3 Å². The Kier molecular flexibility index (Phi) is 5.82. The molecule has 1 N–H and O–H groups in total. The highest BCUT2D eigenvalue weighted by molar-refractivity contribution is 5.16. The van der Waals surface area contributed by atoms with Crippen molar-refractivity contribution in [3.05, 3.63) is 35.6 Å². The number of rotatable bonds is 5. The molecule has 0 bridgehead atoms. The van der Waals surface area contributed by atoms with Gasteiger partial charge in [0, 0.05) is 25.9 Å². The van der Waals surface area contributed by atoms with Crippen molar-refractivity contribution in [1.29, 1.82) is 0 Å². The third-order valence-corrected chi connectivity index (χ3v) is 4.80. The van der Waals surface area contributed by atoms with Gasteiger partial charge < -0.3 is 4.74 Å². The first kappa shape index (κ1) is 15.9. The fraction of sp³-hybridized carbons (Fsp3) is 0.667. The summed E-state index contributed by atoms with van der Waals surface area (Å²) in [4.78, 5) is 2.52. The van der Waals surface area contributed by atoms with Crippen molar-refractivity contribution in [3.8, 4) is 0 Å². The van der Waals surface area contributed by atoms with Crippen LogP contribution in [0.25, 0.3) is 0 Å². The maximum absolute atomic E-state index is 13.0. The Morgan fingerprint density at radius 3 is 2.82 bits per heavy atom. The summed E-state index contributed by atoms with van der Waals surface area (Å²) in [5.41, 5.74) is 1.25. The average molecular weight is 306 g/mol. The van der Waals surface area contributed by atoms with E-state index >= 15 is 0 Å². The van der Waals surface area contributed by atoms with Gasteiger partial charge in [-0.15, -0.1) is 0 Å². The number of halogens is 1. The quantitative estimate of drug-likeness (QED) is 0.905. The van der Waals surface area contributed by atoms with Crippen LogP contribution in [0.1, 0.15) is 31.2 Å². The summed E-state index contributed by atoms with van der Waals surface area (Å²) in [6.45, 7) is 5.06.